The van der Waals surface area contributed by atoms with E-state index < -0.39 is 17.7 Å². The lowest BCUT2D eigenvalue weighted by molar-refractivity contribution is -0.123. The first-order chi connectivity index (χ1) is 10.6. The van der Waals surface area contributed by atoms with Crippen molar-refractivity contribution in [3.05, 3.63) is 29.8 Å². The predicted octanol–water partition coefficient (Wildman–Crippen LogP) is 2.54. The van der Waals surface area contributed by atoms with Gasteiger partial charge in [0.2, 0.25) is 5.91 Å². The molecule has 1 amide bonds. The topological polar surface area (TPSA) is 58.6 Å². The van der Waals surface area contributed by atoms with Gasteiger partial charge in [0.25, 0.3) is 0 Å². The molecule has 0 spiro atoms. The van der Waals surface area contributed by atoms with Gasteiger partial charge in [0.1, 0.15) is 5.82 Å². The number of ether oxygens (including phenoxy) is 1. The predicted molar refractivity (Wildman–Crippen MR) is 77.5 cm³/mol. The summed E-state index contributed by atoms with van der Waals surface area (Å²) >= 11 is 0. The summed E-state index contributed by atoms with van der Waals surface area (Å²) in [4.78, 5) is 11.8. The van der Waals surface area contributed by atoms with Crippen molar-refractivity contribution in [1.82, 2.24) is 5.32 Å². The van der Waals surface area contributed by atoms with Crippen LogP contribution in [-0.4, -0.2) is 29.8 Å². The quantitative estimate of drug-likeness (QED) is 0.794. The van der Waals surface area contributed by atoms with E-state index in [0.717, 1.165) is 37.8 Å². The molecule has 1 aromatic carbocycles. The Kier molecular flexibility index (Phi) is 6.12. The number of aliphatic hydroxyl groups is 1. The number of hydrogen-bond acceptors (Lipinski definition) is 3. The third-order valence-electron chi connectivity index (χ3n) is 3.78. The zero-order chi connectivity index (χ0) is 15.9. The summed E-state index contributed by atoms with van der Waals surface area (Å²) in [6.07, 6.45) is 3.71. The molecule has 0 bridgehead atoms. The zero-order valence-corrected chi connectivity index (χ0v) is 12.4. The van der Waals surface area contributed by atoms with Crippen LogP contribution in [0, 0.1) is 11.6 Å². The molecule has 1 aromatic rings. The van der Waals surface area contributed by atoms with Crippen LogP contribution in [0.15, 0.2) is 18.2 Å². The summed E-state index contributed by atoms with van der Waals surface area (Å²) in [6.45, 7) is 0.170. The number of amides is 1. The molecule has 0 heterocycles. The normalized spacial score (nSPS) is 21.4. The second kappa shape index (κ2) is 8.08. The number of hydrogen-bond donors (Lipinski definition) is 2. The Morgan fingerprint density at radius 3 is 2.82 bits per heavy atom. The number of benzene rings is 1. The minimum absolute atomic E-state index is 0.0236. The van der Waals surface area contributed by atoms with Gasteiger partial charge in [-0.3, -0.25) is 4.79 Å². The Hall–Kier alpha value is -1.69. The van der Waals surface area contributed by atoms with Crippen LogP contribution in [0.4, 0.5) is 8.78 Å². The first kappa shape index (κ1) is 16.7. The SMILES string of the molecule is O=C(CCCOc1ccc(F)cc1F)NC1CCCCC1O. The number of halogens is 2. The van der Waals surface area contributed by atoms with Gasteiger partial charge in [-0.05, 0) is 31.4 Å². The van der Waals surface area contributed by atoms with E-state index in [4.69, 9.17) is 4.74 Å². The van der Waals surface area contributed by atoms with E-state index in [2.05, 4.69) is 5.32 Å². The molecule has 1 saturated carbocycles. The van der Waals surface area contributed by atoms with E-state index in [0.29, 0.717) is 6.42 Å². The maximum atomic E-state index is 13.3. The van der Waals surface area contributed by atoms with Crippen LogP contribution in [0.2, 0.25) is 0 Å². The van der Waals surface area contributed by atoms with Crippen LogP contribution in [-0.2, 0) is 4.79 Å². The summed E-state index contributed by atoms with van der Waals surface area (Å²) < 4.78 is 31.2. The molecule has 1 fully saturated rings. The fraction of sp³-hybridized carbons (Fsp3) is 0.562. The maximum absolute atomic E-state index is 13.3. The van der Waals surface area contributed by atoms with Gasteiger partial charge in [-0.2, -0.15) is 0 Å². The van der Waals surface area contributed by atoms with Gasteiger partial charge in [-0.25, -0.2) is 8.78 Å². The van der Waals surface area contributed by atoms with Gasteiger partial charge in [0, 0.05) is 12.5 Å². The second-order valence-electron chi connectivity index (χ2n) is 5.55. The zero-order valence-electron chi connectivity index (χ0n) is 12.4. The lowest BCUT2D eigenvalue weighted by Gasteiger charge is -2.28. The van der Waals surface area contributed by atoms with Crippen LogP contribution < -0.4 is 10.1 Å². The molecule has 2 N–H and O–H groups in total. The highest BCUT2D eigenvalue weighted by Crippen LogP contribution is 2.19. The van der Waals surface area contributed by atoms with Crippen molar-refractivity contribution in [3.63, 3.8) is 0 Å². The van der Waals surface area contributed by atoms with Crippen LogP contribution >= 0.6 is 0 Å². The average Bonchev–Trinajstić information content (AvgIpc) is 2.48. The van der Waals surface area contributed by atoms with Crippen molar-refractivity contribution >= 4 is 5.91 Å². The minimum Gasteiger partial charge on any atom is -0.491 e. The van der Waals surface area contributed by atoms with Crippen molar-refractivity contribution in [3.8, 4) is 5.75 Å². The first-order valence-corrected chi connectivity index (χ1v) is 7.61. The van der Waals surface area contributed by atoms with Gasteiger partial charge < -0.3 is 15.2 Å². The smallest absolute Gasteiger partial charge is 0.220 e. The molecular weight excluding hydrogens is 292 g/mol. The van der Waals surface area contributed by atoms with Crippen LogP contribution in [0.25, 0.3) is 0 Å². The van der Waals surface area contributed by atoms with Crippen LogP contribution in [0.5, 0.6) is 5.75 Å². The minimum atomic E-state index is -0.755. The summed E-state index contributed by atoms with van der Waals surface area (Å²) in [5.74, 6) is -1.58. The Bertz CT molecular complexity index is 510. The fourth-order valence-corrected chi connectivity index (χ4v) is 2.57. The van der Waals surface area contributed by atoms with Crippen LogP contribution in [0.1, 0.15) is 38.5 Å². The first-order valence-electron chi connectivity index (χ1n) is 7.61. The van der Waals surface area contributed by atoms with Crippen molar-refractivity contribution < 1.29 is 23.4 Å². The molecule has 0 radical (unpaired) electrons. The molecule has 2 rings (SSSR count). The van der Waals surface area contributed by atoms with Crippen molar-refractivity contribution in [2.45, 2.75) is 50.7 Å². The Labute approximate surface area is 128 Å². The van der Waals surface area contributed by atoms with E-state index in [-0.39, 0.29) is 30.7 Å². The van der Waals surface area contributed by atoms with Gasteiger partial charge >= 0.3 is 0 Å². The molecule has 0 saturated heterocycles. The molecule has 2 unspecified atom stereocenters. The third kappa shape index (κ3) is 4.94. The number of carbonyl (C=O) groups excluding carboxylic acids is 1. The molecule has 4 nitrogen and oxygen atoms in total. The Balaban J connectivity index is 1.66. The van der Waals surface area contributed by atoms with E-state index in [1.165, 1.54) is 6.07 Å². The standard InChI is InChI=1S/C16H21F2NO3/c17-11-7-8-15(12(18)10-11)22-9-3-6-16(21)19-13-4-1-2-5-14(13)20/h7-8,10,13-14,20H,1-6,9H2,(H,19,21). The number of carbonyl (C=O) groups is 1. The lowest BCUT2D eigenvalue weighted by Crippen LogP contribution is -2.45. The number of rotatable bonds is 6. The molecule has 0 aromatic heterocycles. The summed E-state index contributed by atoms with van der Waals surface area (Å²) in [6, 6.07) is 2.93. The number of nitrogens with one attached hydrogen (secondary N) is 1. The molecule has 6 heteroatoms. The Morgan fingerprint density at radius 1 is 1.32 bits per heavy atom. The van der Waals surface area contributed by atoms with Crippen molar-refractivity contribution in [1.29, 1.82) is 0 Å². The van der Waals surface area contributed by atoms with Gasteiger partial charge in [0.15, 0.2) is 11.6 Å². The lowest BCUT2D eigenvalue weighted by atomic mass is 9.92. The summed E-state index contributed by atoms with van der Waals surface area (Å²) in [5.41, 5.74) is 0. The molecule has 1 aliphatic carbocycles. The largest absolute Gasteiger partial charge is 0.491 e. The molecule has 122 valence electrons. The third-order valence-corrected chi connectivity index (χ3v) is 3.78. The van der Waals surface area contributed by atoms with E-state index >= 15 is 0 Å². The highest BCUT2D eigenvalue weighted by atomic mass is 19.1. The van der Waals surface area contributed by atoms with Gasteiger partial charge in [-0.15, -0.1) is 0 Å². The van der Waals surface area contributed by atoms with E-state index in [1.807, 2.05) is 0 Å². The molecule has 22 heavy (non-hydrogen) atoms. The van der Waals surface area contributed by atoms with Gasteiger partial charge in [-0.1, -0.05) is 12.8 Å². The van der Waals surface area contributed by atoms with E-state index in [1.54, 1.807) is 0 Å². The second-order valence-corrected chi connectivity index (χ2v) is 5.55. The highest BCUT2D eigenvalue weighted by molar-refractivity contribution is 5.76. The summed E-state index contributed by atoms with van der Waals surface area (Å²) in [7, 11) is 0. The summed E-state index contributed by atoms with van der Waals surface area (Å²) in [5, 5.41) is 12.6. The van der Waals surface area contributed by atoms with Crippen LogP contribution in [0.3, 0.4) is 0 Å². The molecule has 0 aliphatic heterocycles. The highest BCUT2D eigenvalue weighted by Gasteiger charge is 2.24. The van der Waals surface area contributed by atoms with E-state index in [9.17, 15) is 18.7 Å². The monoisotopic (exact) mass is 313 g/mol. The molecule has 2 atom stereocenters. The average molecular weight is 313 g/mol. The van der Waals surface area contributed by atoms with Crippen molar-refractivity contribution in [2.24, 2.45) is 0 Å². The maximum Gasteiger partial charge on any atom is 0.220 e. The molecular formula is C16H21F2NO3. The number of aliphatic hydroxyl groups excluding tert-OH is 1. The van der Waals surface area contributed by atoms with Gasteiger partial charge in [0.05, 0.1) is 18.8 Å². The Morgan fingerprint density at radius 2 is 2.09 bits per heavy atom. The fourth-order valence-electron chi connectivity index (χ4n) is 2.57. The van der Waals surface area contributed by atoms with Crippen molar-refractivity contribution in [2.75, 3.05) is 6.61 Å². The molecule has 1 aliphatic rings.